The van der Waals surface area contributed by atoms with Crippen LogP contribution >= 0.6 is 0 Å². The molecule has 5 aromatic rings. The van der Waals surface area contributed by atoms with Crippen molar-refractivity contribution in [3.63, 3.8) is 0 Å². The van der Waals surface area contributed by atoms with Gasteiger partial charge in [0.25, 0.3) is 0 Å². The normalized spacial score (nSPS) is 11.2. The van der Waals surface area contributed by atoms with Crippen LogP contribution in [0.4, 0.5) is 5.69 Å². The Morgan fingerprint density at radius 3 is 1.13 bits per heavy atom. The van der Waals surface area contributed by atoms with Gasteiger partial charge in [0.15, 0.2) is 0 Å². The predicted molar refractivity (Wildman–Crippen MR) is 194 cm³/mol. The second-order valence-electron chi connectivity index (χ2n) is 12.3. The molecule has 0 saturated carbocycles. The van der Waals surface area contributed by atoms with Crippen molar-refractivity contribution in [2.24, 2.45) is 0 Å². The van der Waals surface area contributed by atoms with Crippen LogP contribution in [0.1, 0.15) is 59.1 Å². The molecule has 0 aliphatic heterocycles. The van der Waals surface area contributed by atoms with E-state index in [1.807, 2.05) is 84.9 Å². The van der Waals surface area contributed by atoms with Crippen molar-refractivity contribution < 1.29 is 10.2 Å². The SMILES string of the molecule is Nc1cc(C#CC(O)(CCc2ccccc2)CCc2ccccc2)ccc1C#CC(O)(CCc1ccccc1)CCc1ccccc1. The van der Waals surface area contributed by atoms with E-state index in [0.29, 0.717) is 42.5 Å². The molecule has 4 N–H and O–H groups in total. The van der Waals surface area contributed by atoms with Gasteiger partial charge in [0.1, 0.15) is 11.2 Å². The largest absolute Gasteiger partial charge is 0.398 e. The fourth-order valence-corrected chi connectivity index (χ4v) is 5.61. The number of rotatable bonds is 12. The molecule has 5 rings (SSSR count). The molecule has 5 aromatic carbocycles. The highest BCUT2D eigenvalue weighted by Gasteiger charge is 2.25. The van der Waals surface area contributed by atoms with Gasteiger partial charge in [0, 0.05) is 16.8 Å². The van der Waals surface area contributed by atoms with Crippen LogP contribution in [0, 0.1) is 23.7 Å². The summed E-state index contributed by atoms with van der Waals surface area (Å²) in [7, 11) is 0. The predicted octanol–water partition coefficient (Wildman–Crippen LogP) is 7.97. The van der Waals surface area contributed by atoms with E-state index in [2.05, 4.69) is 72.2 Å². The van der Waals surface area contributed by atoms with E-state index >= 15 is 0 Å². The van der Waals surface area contributed by atoms with E-state index in [-0.39, 0.29) is 0 Å². The van der Waals surface area contributed by atoms with Crippen molar-refractivity contribution >= 4 is 5.69 Å². The molecular formula is C44H43NO2. The van der Waals surface area contributed by atoms with Crippen molar-refractivity contribution in [2.45, 2.75) is 62.6 Å². The minimum absolute atomic E-state index is 0.495. The average molecular weight is 618 g/mol. The summed E-state index contributed by atoms with van der Waals surface area (Å²) in [5, 5.41) is 23.4. The number of hydrogen-bond donors (Lipinski definition) is 3. The Morgan fingerprint density at radius 2 is 0.787 bits per heavy atom. The van der Waals surface area contributed by atoms with Crippen LogP contribution in [-0.2, 0) is 25.7 Å². The van der Waals surface area contributed by atoms with Gasteiger partial charge in [-0.3, -0.25) is 0 Å². The maximum Gasteiger partial charge on any atom is 0.126 e. The minimum atomic E-state index is -1.18. The highest BCUT2D eigenvalue weighted by atomic mass is 16.3. The van der Waals surface area contributed by atoms with Gasteiger partial charge in [0.05, 0.1) is 0 Å². The summed E-state index contributed by atoms with van der Waals surface area (Å²) in [6.45, 7) is 0. The Labute approximate surface area is 280 Å². The quantitative estimate of drug-likeness (QED) is 0.0983. The number of nitrogens with two attached hydrogens (primary N) is 1. The van der Waals surface area contributed by atoms with Crippen LogP contribution in [0.25, 0.3) is 0 Å². The van der Waals surface area contributed by atoms with Gasteiger partial charge in [-0.05, 0) is 91.8 Å². The van der Waals surface area contributed by atoms with Gasteiger partial charge >= 0.3 is 0 Å². The third kappa shape index (κ3) is 10.8. The topological polar surface area (TPSA) is 66.5 Å². The van der Waals surface area contributed by atoms with E-state index in [9.17, 15) is 10.2 Å². The number of nitrogen functional groups attached to an aromatic ring is 1. The molecule has 0 radical (unpaired) electrons. The molecule has 0 fully saturated rings. The van der Waals surface area contributed by atoms with Gasteiger partial charge in [0.2, 0.25) is 0 Å². The fourth-order valence-electron chi connectivity index (χ4n) is 5.61. The van der Waals surface area contributed by atoms with Crippen molar-refractivity contribution in [1.29, 1.82) is 0 Å². The molecule has 0 atom stereocenters. The van der Waals surface area contributed by atoms with E-state index in [4.69, 9.17) is 5.73 Å². The first kappa shape index (κ1) is 33.3. The highest BCUT2D eigenvalue weighted by Crippen LogP contribution is 2.24. The fraction of sp³-hybridized carbons (Fsp3) is 0.227. The van der Waals surface area contributed by atoms with Gasteiger partial charge in [-0.1, -0.05) is 145 Å². The Bertz CT molecular complexity index is 1720. The molecule has 0 saturated heterocycles. The second-order valence-corrected chi connectivity index (χ2v) is 12.3. The van der Waals surface area contributed by atoms with Crippen LogP contribution < -0.4 is 5.73 Å². The second kappa shape index (κ2) is 16.5. The van der Waals surface area contributed by atoms with Crippen LogP contribution in [-0.4, -0.2) is 21.4 Å². The molecule has 3 heteroatoms. The zero-order chi connectivity index (χ0) is 32.8. The van der Waals surface area contributed by atoms with Crippen LogP contribution in [0.15, 0.2) is 140 Å². The maximum atomic E-state index is 11.7. The van der Waals surface area contributed by atoms with Crippen LogP contribution in [0.5, 0.6) is 0 Å². The Kier molecular flexibility index (Phi) is 11.7. The average Bonchev–Trinajstić information content (AvgIpc) is 3.12. The van der Waals surface area contributed by atoms with E-state index in [1.165, 1.54) is 22.3 Å². The third-order valence-corrected chi connectivity index (χ3v) is 8.60. The van der Waals surface area contributed by atoms with Crippen LogP contribution in [0.3, 0.4) is 0 Å². The lowest BCUT2D eigenvalue weighted by Gasteiger charge is -2.23. The van der Waals surface area contributed by atoms with Crippen molar-refractivity contribution in [3.8, 4) is 23.7 Å². The number of benzene rings is 5. The molecule has 0 aromatic heterocycles. The Morgan fingerprint density at radius 1 is 0.447 bits per heavy atom. The monoisotopic (exact) mass is 617 g/mol. The maximum absolute atomic E-state index is 11.7. The molecule has 0 aliphatic rings. The first-order chi connectivity index (χ1) is 22.9. The van der Waals surface area contributed by atoms with Gasteiger partial charge in [-0.2, -0.15) is 0 Å². The van der Waals surface area contributed by atoms with Crippen LogP contribution in [0.2, 0.25) is 0 Å². The zero-order valence-electron chi connectivity index (χ0n) is 26.9. The summed E-state index contributed by atoms with van der Waals surface area (Å²) in [6.07, 6.45) is 5.00. The molecule has 0 heterocycles. The van der Waals surface area contributed by atoms with Gasteiger partial charge in [-0.15, -0.1) is 0 Å². The summed E-state index contributed by atoms with van der Waals surface area (Å²) in [6, 6.07) is 46.3. The number of anilines is 1. The minimum Gasteiger partial charge on any atom is -0.398 e. The Balaban J connectivity index is 1.32. The highest BCUT2D eigenvalue weighted by molar-refractivity contribution is 5.60. The van der Waals surface area contributed by atoms with E-state index in [0.717, 1.165) is 25.7 Å². The van der Waals surface area contributed by atoms with Crippen molar-refractivity contribution in [3.05, 3.63) is 173 Å². The first-order valence-electron chi connectivity index (χ1n) is 16.4. The molecule has 236 valence electrons. The van der Waals surface area contributed by atoms with Gasteiger partial charge < -0.3 is 15.9 Å². The molecule has 0 bridgehead atoms. The summed E-state index contributed by atoms with van der Waals surface area (Å²) in [4.78, 5) is 0. The van der Waals surface area contributed by atoms with E-state index in [1.54, 1.807) is 6.07 Å². The molecule has 0 aliphatic carbocycles. The molecular weight excluding hydrogens is 574 g/mol. The van der Waals surface area contributed by atoms with E-state index < -0.39 is 11.2 Å². The molecule has 3 nitrogen and oxygen atoms in total. The zero-order valence-corrected chi connectivity index (χ0v) is 26.9. The molecule has 0 unspecified atom stereocenters. The lowest BCUT2D eigenvalue weighted by molar-refractivity contribution is 0.0825. The summed E-state index contributed by atoms with van der Waals surface area (Å²) < 4.78 is 0. The lowest BCUT2D eigenvalue weighted by Crippen LogP contribution is -2.28. The standard InChI is InChI=1S/C44H43NO2/c45-42-35-40(27-33-43(46,29-23-36-13-5-1-6-14-36)30-24-37-15-7-2-8-16-37)21-22-41(42)28-34-44(47,31-25-38-17-9-3-10-18-38)32-26-39-19-11-4-12-20-39/h1-22,35,46-47H,23-26,29-32,45H2. The van der Waals surface area contributed by atoms with Gasteiger partial charge in [-0.25, -0.2) is 0 Å². The summed E-state index contributed by atoms with van der Waals surface area (Å²) in [5.74, 6) is 12.8. The smallest absolute Gasteiger partial charge is 0.126 e. The number of aliphatic hydroxyl groups is 2. The molecule has 0 spiro atoms. The Hall–Kier alpha value is -5.06. The molecule has 47 heavy (non-hydrogen) atoms. The molecule has 0 amide bonds. The summed E-state index contributed by atoms with van der Waals surface area (Å²) >= 11 is 0. The van der Waals surface area contributed by atoms with Crippen molar-refractivity contribution in [2.75, 3.05) is 5.73 Å². The summed E-state index contributed by atoms with van der Waals surface area (Å²) in [5.41, 5.74) is 10.7. The van der Waals surface area contributed by atoms with Crippen molar-refractivity contribution in [1.82, 2.24) is 0 Å². The number of hydrogen-bond acceptors (Lipinski definition) is 3. The number of aryl methyl sites for hydroxylation is 4. The first-order valence-corrected chi connectivity index (χ1v) is 16.4. The lowest BCUT2D eigenvalue weighted by atomic mass is 9.88. The third-order valence-electron chi connectivity index (χ3n) is 8.60.